The summed E-state index contributed by atoms with van der Waals surface area (Å²) in [6, 6.07) is 10.4. The van der Waals surface area contributed by atoms with Crippen molar-refractivity contribution < 1.29 is 18.1 Å². The molecule has 10 heteroatoms. The van der Waals surface area contributed by atoms with Gasteiger partial charge in [-0.2, -0.15) is 0 Å². The molecule has 0 unspecified atom stereocenters. The van der Waals surface area contributed by atoms with Crippen LogP contribution in [0.4, 0.5) is 11.4 Å². The third-order valence-electron chi connectivity index (χ3n) is 4.05. The van der Waals surface area contributed by atoms with Gasteiger partial charge in [-0.1, -0.05) is 6.07 Å². The summed E-state index contributed by atoms with van der Waals surface area (Å²) in [4.78, 5) is 22.6. The lowest BCUT2D eigenvalue weighted by Crippen LogP contribution is -2.30. The van der Waals surface area contributed by atoms with Crippen LogP contribution in [0.1, 0.15) is 15.9 Å². The zero-order chi connectivity index (χ0) is 20.9. The van der Waals surface area contributed by atoms with Crippen LogP contribution in [-0.2, 0) is 10.0 Å². The van der Waals surface area contributed by atoms with Crippen LogP contribution in [0.2, 0.25) is 0 Å². The number of sulfonamides is 1. The lowest BCUT2D eigenvalue weighted by molar-refractivity contribution is -0.384. The van der Waals surface area contributed by atoms with Crippen LogP contribution in [0.5, 0.6) is 0 Å². The molecule has 0 bridgehead atoms. The molecular formula is C18H22N4O5S. The van der Waals surface area contributed by atoms with Crippen molar-refractivity contribution in [2.45, 2.75) is 11.8 Å². The predicted octanol–water partition coefficient (Wildman–Crippen LogP) is 2.00. The van der Waals surface area contributed by atoms with E-state index in [0.717, 1.165) is 4.31 Å². The number of nitro benzene ring substituents is 1. The van der Waals surface area contributed by atoms with Crippen molar-refractivity contribution >= 4 is 27.3 Å². The molecule has 0 saturated heterocycles. The summed E-state index contributed by atoms with van der Waals surface area (Å²) in [7, 11) is -0.769. The average molecular weight is 406 g/mol. The van der Waals surface area contributed by atoms with Gasteiger partial charge >= 0.3 is 0 Å². The molecule has 1 amide bonds. The minimum atomic E-state index is -3.63. The maximum absolute atomic E-state index is 12.4. The van der Waals surface area contributed by atoms with E-state index in [1.165, 1.54) is 38.4 Å². The average Bonchev–Trinajstić information content (AvgIpc) is 2.65. The van der Waals surface area contributed by atoms with E-state index in [9.17, 15) is 23.3 Å². The Labute approximate surface area is 163 Å². The van der Waals surface area contributed by atoms with Gasteiger partial charge in [-0.05, 0) is 36.8 Å². The Balaban J connectivity index is 1.97. The van der Waals surface area contributed by atoms with E-state index in [1.807, 2.05) is 0 Å². The quantitative estimate of drug-likeness (QED) is 0.393. The van der Waals surface area contributed by atoms with Gasteiger partial charge < -0.3 is 10.6 Å². The normalized spacial score (nSPS) is 11.3. The van der Waals surface area contributed by atoms with Gasteiger partial charge in [-0.3, -0.25) is 14.9 Å². The Hall–Kier alpha value is -2.98. The number of aryl methyl sites for hydroxylation is 1. The second kappa shape index (κ2) is 8.81. The van der Waals surface area contributed by atoms with Gasteiger partial charge in [0.1, 0.15) is 0 Å². The lowest BCUT2D eigenvalue weighted by Gasteiger charge is -2.14. The molecule has 0 atom stereocenters. The molecule has 2 N–H and O–H groups in total. The molecule has 2 aromatic carbocycles. The van der Waals surface area contributed by atoms with Crippen LogP contribution in [0, 0.1) is 17.0 Å². The predicted molar refractivity (Wildman–Crippen MR) is 106 cm³/mol. The molecule has 0 aliphatic rings. The zero-order valence-corrected chi connectivity index (χ0v) is 16.6. The van der Waals surface area contributed by atoms with Crippen LogP contribution >= 0.6 is 0 Å². The van der Waals surface area contributed by atoms with Crippen molar-refractivity contribution in [3.8, 4) is 0 Å². The number of rotatable bonds is 8. The number of hydrogen-bond acceptors (Lipinski definition) is 6. The zero-order valence-electron chi connectivity index (χ0n) is 15.8. The van der Waals surface area contributed by atoms with E-state index in [1.54, 1.807) is 25.1 Å². The molecule has 0 fully saturated rings. The first-order valence-corrected chi connectivity index (χ1v) is 9.86. The highest BCUT2D eigenvalue weighted by Crippen LogP contribution is 2.18. The minimum absolute atomic E-state index is 0.00175. The molecular weight excluding hydrogens is 384 g/mol. The van der Waals surface area contributed by atoms with Crippen molar-refractivity contribution in [2.24, 2.45) is 0 Å². The molecule has 2 aromatic rings. The standard InChI is InChI=1S/C18H22N4O5S/c1-13-4-9-16(28(26,27)21(2)3)12-17(13)18(23)20-11-10-19-14-5-7-15(8-6-14)22(24)25/h4-9,12,19H,10-11H2,1-3H3,(H,20,23). The van der Waals surface area contributed by atoms with Crippen molar-refractivity contribution in [1.29, 1.82) is 0 Å². The SMILES string of the molecule is Cc1ccc(S(=O)(=O)N(C)C)cc1C(=O)NCCNc1ccc([N+](=O)[O-])cc1. The number of nitro groups is 1. The second-order valence-corrected chi connectivity index (χ2v) is 8.40. The molecule has 0 aliphatic carbocycles. The van der Waals surface area contributed by atoms with E-state index in [4.69, 9.17) is 0 Å². The van der Waals surface area contributed by atoms with E-state index in [2.05, 4.69) is 10.6 Å². The number of carbonyl (C=O) groups excluding carboxylic acids is 1. The van der Waals surface area contributed by atoms with Crippen molar-refractivity contribution in [1.82, 2.24) is 9.62 Å². The Kier molecular flexibility index (Phi) is 6.71. The Bertz CT molecular complexity index is 972. The summed E-state index contributed by atoms with van der Waals surface area (Å²) in [5, 5.41) is 16.4. The second-order valence-electron chi connectivity index (χ2n) is 6.25. The number of amides is 1. The van der Waals surface area contributed by atoms with E-state index >= 15 is 0 Å². The maximum Gasteiger partial charge on any atom is 0.269 e. The van der Waals surface area contributed by atoms with Gasteiger partial charge in [0, 0.05) is 50.6 Å². The van der Waals surface area contributed by atoms with Crippen LogP contribution in [-0.4, -0.2) is 50.7 Å². The van der Waals surface area contributed by atoms with Gasteiger partial charge in [0.25, 0.3) is 11.6 Å². The van der Waals surface area contributed by atoms with Crippen molar-refractivity contribution in [2.75, 3.05) is 32.5 Å². The Morgan fingerprint density at radius 1 is 1.11 bits per heavy atom. The number of benzene rings is 2. The summed E-state index contributed by atoms with van der Waals surface area (Å²) < 4.78 is 25.6. The van der Waals surface area contributed by atoms with Crippen molar-refractivity contribution in [3.63, 3.8) is 0 Å². The fourth-order valence-corrected chi connectivity index (χ4v) is 3.32. The molecule has 150 valence electrons. The van der Waals surface area contributed by atoms with Crippen LogP contribution < -0.4 is 10.6 Å². The highest BCUT2D eigenvalue weighted by molar-refractivity contribution is 7.89. The van der Waals surface area contributed by atoms with Crippen LogP contribution in [0.25, 0.3) is 0 Å². The van der Waals surface area contributed by atoms with Gasteiger partial charge in [0.15, 0.2) is 0 Å². The highest BCUT2D eigenvalue weighted by Gasteiger charge is 2.20. The number of carbonyl (C=O) groups is 1. The molecule has 0 aromatic heterocycles. The Morgan fingerprint density at radius 3 is 2.32 bits per heavy atom. The van der Waals surface area contributed by atoms with Crippen LogP contribution in [0.3, 0.4) is 0 Å². The highest BCUT2D eigenvalue weighted by atomic mass is 32.2. The third-order valence-corrected chi connectivity index (χ3v) is 5.86. The fourth-order valence-electron chi connectivity index (χ4n) is 2.40. The number of nitrogens with zero attached hydrogens (tertiary/aromatic N) is 2. The van der Waals surface area contributed by atoms with E-state index in [0.29, 0.717) is 29.9 Å². The minimum Gasteiger partial charge on any atom is -0.383 e. The topological polar surface area (TPSA) is 122 Å². The molecule has 9 nitrogen and oxygen atoms in total. The van der Waals surface area contributed by atoms with Gasteiger partial charge in [0.2, 0.25) is 10.0 Å². The van der Waals surface area contributed by atoms with Gasteiger partial charge in [0.05, 0.1) is 9.82 Å². The number of anilines is 1. The number of nitrogens with one attached hydrogen (secondary N) is 2. The number of non-ortho nitro benzene ring substituents is 1. The lowest BCUT2D eigenvalue weighted by atomic mass is 10.1. The van der Waals surface area contributed by atoms with E-state index < -0.39 is 14.9 Å². The first-order chi connectivity index (χ1) is 13.1. The summed E-state index contributed by atoms with van der Waals surface area (Å²) in [6.45, 7) is 2.42. The first kappa shape index (κ1) is 21.3. The Morgan fingerprint density at radius 2 is 1.75 bits per heavy atom. The molecule has 28 heavy (non-hydrogen) atoms. The summed E-state index contributed by atoms with van der Waals surface area (Å²) in [6.07, 6.45) is 0. The summed E-state index contributed by atoms with van der Waals surface area (Å²) in [5.74, 6) is -0.376. The summed E-state index contributed by atoms with van der Waals surface area (Å²) in [5.41, 5.74) is 1.65. The smallest absolute Gasteiger partial charge is 0.269 e. The molecule has 2 rings (SSSR count). The van der Waals surface area contributed by atoms with Gasteiger partial charge in [-0.25, -0.2) is 12.7 Å². The maximum atomic E-state index is 12.4. The molecule has 0 heterocycles. The van der Waals surface area contributed by atoms with Crippen LogP contribution in [0.15, 0.2) is 47.4 Å². The van der Waals surface area contributed by atoms with Gasteiger partial charge in [-0.15, -0.1) is 0 Å². The summed E-state index contributed by atoms with van der Waals surface area (Å²) >= 11 is 0. The molecule has 0 radical (unpaired) electrons. The van der Waals surface area contributed by atoms with Crippen molar-refractivity contribution in [3.05, 3.63) is 63.7 Å². The third kappa shape index (κ3) is 5.05. The monoisotopic (exact) mass is 406 g/mol. The number of hydrogen-bond donors (Lipinski definition) is 2. The first-order valence-electron chi connectivity index (χ1n) is 8.42. The molecule has 0 saturated carbocycles. The molecule has 0 spiro atoms. The fraction of sp³-hybridized carbons (Fsp3) is 0.278. The molecule has 0 aliphatic heterocycles. The van der Waals surface area contributed by atoms with E-state index in [-0.39, 0.29) is 16.5 Å². The largest absolute Gasteiger partial charge is 0.383 e.